The Morgan fingerprint density at radius 2 is 1.90 bits per heavy atom. The van der Waals surface area contributed by atoms with E-state index in [1.54, 1.807) is 11.3 Å². The van der Waals surface area contributed by atoms with Crippen molar-refractivity contribution in [1.82, 2.24) is 14.3 Å². The number of hydrogen-bond acceptors (Lipinski definition) is 6. The van der Waals surface area contributed by atoms with E-state index < -0.39 is 0 Å². The first-order valence-electron chi connectivity index (χ1n) is 6.28. The van der Waals surface area contributed by atoms with E-state index in [2.05, 4.69) is 26.6 Å². The predicted octanol–water partition coefficient (Wildman–Crippen LogP) is 3.89. The molecule has 1 N–H and O–H groups in total. The van der Waals surface area contributed by atoms with Crippen molar-refractivity contribution in [3.05, 3.63) is 45.9 Å². The van der Waals surface area contributed by atoms with Gasteiger partial charge >= 0.3 is 0 Å². The number of hydrogen-bond donors (Lipinski definition) is 1. The summed E-state index contributed by atoms with van der Waals surface area (Å²) in [5, 5.41) is 5.19. The normalized spacial score (nSPS) is 10.7. The van der Waals surface area contributed by atoms with Crippen LogP contribution in [0.1, 0.15) is 15.6 Å². The molecule has 0 aliphatic carbocycles. The Bertz CT molecular complexity index is 684. The highest BCUT2D eigenvalue weighted by Gasteiger charge is 2.07. The highest BCUT2D eigenvalue weighted by atomic mass is 32.1. The van der Waals surface area contributed by atoms with E-state index in [-0.39, 0.29) is 0 Å². The summed E-state index contributed by atoms with van der Waals surface area (Å²) in [4.78, 5) is 10.3. The molecule has 0 spiro atoms. The van der Waals surface area contributed by atoms with Crippen molar-refractivity contribution in [1.29, 1.82) is 0 Å². The summed E-state index contributed by atoms with van der Waals surface area (Å²) in [7, 11) is 0. The molecule has 4 nitrogen and oxygen atoms in total. The Morgan fingerprint density at radius 1 is 1.10 bits per heavy atom. The zero-order valence-corrected chi connectivity index (χ0v) is 12.9. The number of aromatic nitrogens is 3. The molecule has 0 radical (unpaired) electrons. The van der Waals surface area contributed by atoms with Crippen LogP contribution in [0.25, 0.3) is 11.4 Å². The number of anilines is 1. The van der Waals surface area contributed by atoms with Crippen molar-refractivity contribution >= 4 is 28.0 Å². The van der Waals surface area contributed by atoms with Crippen LogP contribution in [0.2, 0.25) is 0 Å². The second-order valence-electron chi connectivity index (χ2n) is 4.39. The minimum atomic E-state index is 0.697. The third kappa shape index (κ3) is 2.86. The van der Waals surface area contributed by atoms with Gasteiger partial charge in [-0.05, 0) is 13.8 Å². The topological polar surface area (TPSA) is 50.7 Å². The molecule has 0 aliphatic heterocycles. The molecule has 3 aromatic rings. The number of rotatable bonds is 4. The van der Waals surface area contributed by atoms with Crippen molar-refractivity contribution < 1.29 is 0 Å². The van der Waals surface area contributed by atoms with Crippen molar-refractivity contribution in [2.24, 2.45) is 0 Å². The largest absolute Gasteiger partial charge is 0.354 e. The van der Waals surface area contributed by atoms with Gasteiger partial charge in [-0.3, -0.25) is 0 Å². The molecule has 102 valence electrons. The van der Waals surface area contributed by atoms with Gasteiger partial charge in [0.2, 0.25) is 5.13 Å². The monoisotopic (exact) mass is 302 g/mol. The SMILES string of the molecule is Cc1nc(CNc2nc(-c3ccccc3)ns2)sc1C. The molecule has 3 rings (SSSR count). The summed E-state index contributed by atoms with van der Waals surface area (Å²) < 4.78 is 4.37. The molecule has 0 amide bonds. The van der Waals surface area contributed by atoms with Gasteiger partial charge in [0.25, 0.3) is 0 Å². The molecule has 0 saturated carbocycles. The number of nitrogens with one attached hydrogen (secondary N) is 1. The summed E-state index contributed by atoms with van der Waals surface area (Å²) in [5.74, 6) is 0.768. The van der Waals surface area contributed by atoms with Crippen molar-refractivity contribution in [3.8, 4) is 11.4 Å². The maximum absolute atomic E-state index is 4.50. The molecule has 6 heteroatoms. The maximum atomic E-state index is 4.50. The molecule has 0 bridgehead atoms. The number of benzene rings is 1. The minimum absolute atomic E-state index is 0.697. The predicted molar refractivity (Wildman–Crippen MR) is 84.3 cm³/mol. The summed E-state index contributed by atoms with van der Waals surface area (Å²) in [6.45, 7) is 4.82. The van der Waals surface area contributed by atoms with Crippen molar-refractivity contribution in [2.45, 2.75) is 20.4 Å². The van der Waals surface area contributed by atoms with Crippen LogP contribution in [0.4, 0.5) is 5.13 Å². The van der Waals surface area contributed by atoms with E-state index in [9.17, 15) is 0 Å². The first kappa shape index (κ1) is 13.2. The van der Waals surface area contributed by atoms with E-state index in [1.807, 2.05) is 37.3 Å². The van der Waals surface area contributed by atoms with E-state index in [1.165, 1.54) is 16.4 Å². The molecule has 2 heterocycles. The van der Waals surface area contributed by atoms with Gasteiger partial charge in [0.15, 0.2) is 5.82 Å². The fourth-order valence-corrected chi connectivity index (χ4v) is 3.22. The van der Waals surface area contributed by atoms with E-state index >= 15 is 0 Å². The number of aryl methyl sites for hydroxylation is 2. The smallest absolute Gasteiger partial charge is 0.203 e. The average Bonchev–Trinajstić information content (AvgIpc) is 3.05. The summed E-state index contributed by atoms with van der Waals surface area (Å²) >= 11 is 3.10. The van der Waals surface area contributed by atoms with E-state index in [0.717, 1.165) is 27.2 Å². The molecule has 0 saturated heterocycles. The first-order valence-corrected chi connectivity index (χ1v) is 7.87. The van der Waals surface area contributed by atoms with Crippen LogP contribution in [-0.2, 0) is 6.54 Å². The zero-order valence-electron chi connectivity index (χ0n) is 11.3. The van der Waals surface area contributed by atoms with Gasteiger partial charge in [-0.25, -0.2) is 4.98 Å². The van der Waals surface area contributed by atoms with Crippen LogP contribution in [0.15, 0.2) is 30.3 Å². The Hall–Kier alpha value is -1.79. The second-order valence-corrected chi connectivity index (χ2v) is 6.43. The van der Waals surface area contributed by atoms with Crippen LogP contribution in [-0.4, -0.2) is 14.3 Å². The Labute approximate surface area is 125 Å². The summed E-state index contributed by atoms with van der Waals surface area (Å²) in [6.07, 6.45) is 0. The van der Waals surface area contributed by atoms with Crippen LogP contribution in [0, 0.1) is 13.8 Å². The highest BCUT2D eigenvalue weighted by Crippen LogP contribution is 2.22. The highest BCUT2D eigenvalue weighted by molar-refractivity contribution is 7.11. The lowest BCUT2D eigenvalue weighted by molar-refractivity contribution is 1.06. The molecular weight excluding hydrogens is 288 g/mol. The molecular formula is C14H14N4S2. The third-order valence-corrected chi connectivity index (χ3v) is 4.67. The molecule has 20 heavy (non-hydrogen) atoms. The van der Waals surface area contributed by atoms with Gasteiger partial charge < -0.3 is 5.32 Å². The number of thiazole rings is 1. The summed E-state index contributed by atoms with van der Waals surface area (Å²) in [5.41, 5.74) is 2.15. The molecule has 1 aromatic carbocycles. The van der Waals surface area contributed by atoms with E-state index in [4.69, 9.17) is 0 Å². The standard InChI is InChI=1S/C14H14N4S2/c1-9-10(2)19-12(16-9)8-15-14-17-13(18-20-14)11-6-4-3-5-7-11/h3-7H,8H2,1-2H3,(H,15,17,18). The lowest BCUT2D eigenvalue weighted by Crippen LogP contribution is -1.98. The fraction of sp³-hybridized carbons (Fsp3) is 0.214. The molecule has 2 aromatic heterocycles. The molecule has 0 aliphatic rings. The molecule has 0 fully saturated rings. The van der Waals surface area contributed by atoms with Gasteiger partial charge in [-0.1, -0.05) is 30.3 Å². The van der Waals surface area contributed by atoms with Gasteiger partial charge in [0.1, 0.15) is 5.01 Å². The van der Waals surface area contributed by atoms with Crippen LogP contribution in [0.5, 0.6) is 0 Å². The van der Waals surface area contributed by atoms with E-state index in [0.29, 0.717) is 6.54 Å². The van der Waals surface area contributed by atoms with Crippen LogP contribution < -0.4 is 5.32 Å². The Balaban J connectivity index is 1.69. The Kier molecular flexibility index (Phi) is 3.75. The van der Waals surface area contributed by atoms with Crippen LogP contribution >= 0.6 is 22.9 Å². The van der Waals surface area contributed by atoms with Gasteiger partial charge in [-0.2, -0.15) is 9.36 Å². The van der Waals surface area contributed by atoms with Crippen molar-refractivity contribution in [3.63, 3.8) is 0 Å². The number of nitrogens with zero attached hydrogens (tertiary/aromatic N) is 3. The average molecular weight is 302 g/mol. The second kappa shape index (κ2) is 5.68. The molecule has 0 unspecified atom stereocenters. The van der Waals surface area contributed by atoms with Gasteiger partial charge in [0.05, 0.1) is 12.2 Å². The lowest BCUT2D eigenvalue weighted by Gasteiger charge is -1.97. The minimum Gasteiger partial charge on any atom is -0.354 e. The zero-order chi connectivity index (χ0) is 13.9. The Morgan fingerprint density at radius 3 is 2.60 bits per heavy atom. The quantitative estimate of drug-likeness (QED) is 0.794. The van der Waals surface area contributed by atoms with Gasteiger partial charge in [0, 0.05) is 22.0 Å². The maximum Gasteiger partial charge on any atom is 0.203 e. The van der Waals surface area contributed by atoms with Crippen LogP contribution in [0.3, 0.4) is 0 Å². The first-order chi connectivity index (χ1) is 9.72. The lowest BCUT2D eigenvalue weighted by atomic mass is 10.2. The fourth-order valence-electron chi connectivity index (χ4n) is 1.77. The van der Waals surface area contributed by atoms with Gasteiger partial charge in [-0.15, -0.1) is 11.3 Å². The van der Waals surface area contributed by atoms with Crippen molar-refractivity contribution in [2.75, 3.05) is 5.32 Å². The third-order valence-electron chi connectivity index (χ3n) is 2.92. The molecule has 0 atom stereocenters. The summed E-state index contributed by atoms with van der Waals surface area (Å²) in [6, 6.07) is 10.00.